The Balaban J connectivity index is 1.83. The summed E-state index contributed by atoms with van der Waals surface area (Å²) < 4.78 is 0. The molecule has 1 fully saturated rings. The van der Waals surface area contributed by atoms with Crippen LogP contribution in [0.15, 0.2) is 18.2 Å². The van der Waals surface area contributed by atoms with Crippen molar-refractivity contribution >= 4 is 34.8 Å². The van der Waals surface area contributed by atoms with E-state index in [0.717, 1.165) is 25.8 Å². The normalized spacial score (nSPS) is 21.8. The summed E-state index contributed by atoms with van der Waals surface area (Å²) in [6, 6.07) is 4.96. The molecule has 2 N–H and O–H groups in total. The van der Waals surface area contributed by atoms with Gasteiger partial charge in [-0.15, -0.1) is 0 Å². The van der Waals surface area contributed by atoms with E-state index < -0.39 is 0 Å². The van der Waals surface area contributed by atoms with E-state index in [-0.39, 0.29) is 24.5 Å². The third-order valence-corrected chi connectivity index (χ3v) is 4.33. The van der Waals surface area contributed by atoms with Gasteiger partial charge in [0, 0.05) is 11.6 Å². The SMILES string of the molecule is CN(CC(=O)Nc1ccc(Cl)cc1Cl)CC1CCCC1O. The molecule has 116 valence electrons. The number of nitrogens with one attached hydrogen (secondary N) is 1. The van der Waals surface area contributed by atoms with Crippen molar-refractivity contribution in [3.05, 3.63) is 28.2 Å². The summed E-state index contributed by atoms with van der Waals surface area (Å²) in [7, 11) is 1.88. The van der Waals surface area contributed by atoms with Crippen molar-refractivity contribution in [3.63, 3.8) is 0 Å². The summed E-state index contributed by atoms with van der Waals surface area (Å²) in [6.45, 7) is 0.991. The fourth-order valence-corrected chi connectivity index (χ4v) is 3.18. The summed E-state index contributed by atoms with van der Waals surface area (Å²) in [5, 5.41) is 13.5. The Morgan fingerprint density at radius 2 is 2.19 bits per heavy atom. The molecule has 0 saturated heterocycles. The lowest BCUT2D eigenvalue weighted by atomic mass is 10.1. The second kappa shape index (κ2) is 7.45. The lowest BCUT2D eigenvalue weighted by Gasteiger charge is -2.22. The van der Waals surface area contributed by atoms with Crippen molar-refractivity contribution in [3.8, 4) is 0 Å². The van der Waals surface area contributed by atoms with Crippen molar-refractivity contribution in [2.45, 2.75) is 25.4 Å². The van der Waals surface area contributed by atoms with Gasteiger partial charge in [-0.2, -0.15) is 0 Å². The number of likely N-dealkylation sites (N-methyl/N-ethyl adjacent to an activating group) is 1. The van der Waals surface area contributed by atoms with Crippen LogP contribution in [0, 0.1) is 5.92 Å². The van der Waals surface area contributed by atoms with Crippen LogP contribution in [0.1, 0.15) is 19.3 Å². The van der Waals surface area contributed by atoms with Gasteiger partial charge in [-0.25, -0.2) is 0 Å². The molecule has 1 aliphatic rings. The number of halogens is 2. The van der Waals surface area contributed by atoms with Crippen LogP contribution in [0.4, 0.5) is 5.69 Å². The number of carbonyl (C=O) groups is 1. The zero-order valence-corrected chi connectivity index (χ0v) is 13.5. The third kappa shape index (κ3) is 4.85. The summed E-state index contributed by atoms with van der Waals surface area (Å²) in [5.74, 6) is 0.135. The van der Waals surface area contributed by atoms with E-state index in [4.69, 9.17) is 23.2 Å². The maximum absolute atomic E-state index is 12.0. The first-order valence-electron chi connectivity index (χ1n) is 7.07. The van der Waals surface area contributed by atoms with Gasteiger partial charge in [0.1, 0.15) is 0 Å². The molecule has 21 heavy (non-hydrogen) atoms. The Labute approximate surface area is 135 Å². The molecular weight excluding hydrogens is 311 g/mol. The Bertz CT molecular complexity index is 510. The molecule has 0 aromatic heterocycles. The first-order valence-corrected chi connectivity index (χ1v) is 7.83. The minimum absolute atomic E-state index is 0.130. The van der Waals surface area contributed by atoms with E-state index >= 15 is 0 Å². The number of benzene rings is 1. The fraction of sp³-hybridized carbons (Fsp3) is 0.533. The zero-order valence-electron chi connectivity index (χ0n) is 12.0. The molecule has 2 unspecified atom stereocenters. The van der Waals surface area contributed by atoms with Gasteiger partial charge in [0.15, 0.2) is 0 Å². The minimum Gasteiger partial charge on any atom is -0.393 e. The lowest BCUT2D eigenvalue weighted by molar-refractivity contribution is -0.117. The molecule has 1 aromatic carbocycles. The lowest BCUT2D eigenvalue weighted by Crippen LogP contribution is -2.35. The molecule has 0 bridgehead atoms. The van der Waals surface area contributed by atoms with Gasteiger partial charge in [-0.3, -0.25) is 9.69 Å². The van der Waals surface area contributed by atoms with Crippen LogP contribution in [0.2, 0.25) is 10.0 Å². The van der Waals surface area contributed by atoms with E-state index in [1.807, 2.05) is 11.9 Å². The van der Waals surface area contributed by atoms with E-state index in [2.05, 4.69) is 5.32 Å². The van der Waals surface area contributed by atoms with Crippen molar-refractivity contribution in [1.29, 1.82) is 0 Å². The van der Waals surface area contributed by atoms with E-state index in [1.54, 1.807) is 18.2 Å². The van der Waals surface area contributed by atoms with Gasteiger partial charge in [0.2, 0.25) is 5.91 Å². The second-order valence-electron chi connectivity index (χ2n) is 5.63. The molecule has 0 heterocycles. The topological polar surface area (TPSA) is 52.6 Å². The van der Waals surface area contributed by atoms with Crippen LogP contribution in [0.3, 0.4) is 0 Å². The van der Waals surface area contributed by atoms with Crippen LogP contribution >= 0.6 is 23.2 Å². The first kappa shape index (κ1) is 16.6. The Morgan fingerprint density at radius 1 is 1.43 bits per heavy atom. The maximum atomic E-state index is 12.0. The van der Waals surface area contributed by atoms with E-state index in [1.165, 1.54) is 0 Å². The number of carbonyl (C=O) groups excluding carboxylic acids is 1. The number of aliphatic hydroxyl groups is 1. The summed E-state index contributed by atoms with van der Waals surface area (Å²) in [4.78, 5) is 13.9. The van der Waals surface area contributed by atoms with Gasteiger partial charge in [-0.1, -0.05) is 29.6 Å². The molecule has 6 heteroatoms. The number of nitrogens with zero attached hydrogens (tertiary/aromatic N) is 1. The molecule has 1 amide bonds. The Kier molecular flexibility index (Phi) is 5.88. The second-order valence-corrected chi connectivity index (χ2v) is 6.47. The number of anilines is 1. The molecule has 0 spiro atoms. The van der Waals surface area contributed by atoms with Crippen molar-refractivity contribution in [2.75, 3.05) is 25.5 Å². The summed E-state index contributed by atoms with van der Waals surface area (Å²) in [6.07, 6.45) is 2.72. The molecule has 2 atom stereocenters. The minimum atomic E-state index is -0.235. The highest BCUT2D eigenvalue weighted by Crippen LogP contribution is 2.27. The molecule has 1 saturated carbocycles. The van der Waals surface area contributed by atoms with E-state index in [9.17, 15) is 9.90 Å². The van der Waals surface area contributed by atoms with Crippen molar-refractivity contribution in [2.24, 2.45) is 5.92 Å². The number of aliphatic hydroxyl groups excluding tert-OH is 1. The highest BCUT2D eigenvalue weighted by atomic mass is 35.5. The molecule has 2 rings (SSSR count). The van der Waals surface area contributed by atoms with Crippen molar-refractivity contribution in [1.82, 2.24) is 4.90 Å². The number of rotatable bonds is 5. The molecule has 1 aliphatic carbocycles. The number of hydrogen-bond donors (Lipinski definition) is 2. The molecule has 0 aliphatic heterocycles. The largest absolute Gasteiger partial charge is 0.393 e. The molecule has 1 aromatic rings. The quantitative estimate of drug-likeness (QED) is 0.872. The molecular formula is C15H20Cl2N2O2. The van der Waals surface area contributed by atoms with Gasteiger partial charge in [0.25, 0.3) is 0 Å². The first-order chi connectivity index (χ1) is 9.95. The van der Waals surface area contributed by atoms with E-state index in [0.29, 0.717) is 15.7 Å². The highest BCUT2D eigenvalue weighted by molar-refractivity contribution is 6.36. The number of amides is 1. The fourth-order valence-electron chi connectivity index (χ4n) is 2.72. The van der Waals surface area contributed by atoms with Gasteiger partial charge < -0.3 is 10.4 Å². The molecule has 0 radical (unpaired) electrons. The monoisotopic (exact) mass is 330 g/mol. The predicted octanol–water partition coefficient (Wildman–Crippen LogP) is 3.02. The number of hydrogen-bond acceptors (Lipinski definition) is 3. The van der Waals surface area contributed by atoms with Gasteiger partial charge >= 0.3 is 0 Å². The smallest absolute Gasteiger partial charge is 0.238 e. The third-order valence-electron chi connectivity index (χ3n) is 3.78. The van der Waals surface area contributed by atoms with Gasteiger partial charge in [0.05, 0.1) is 23.4 Å². The Hall–Kier alpha value is -0.810. The van der Waals surface area contributed by atoms with Crippen molar-refractivity contribution < 1.29 is 9.90 Å². The Morgan fingerprint density at radius 3 is 2.81 bits per heavy atom. The van der Waals surface area contributed by atoms with Crippen LogP contribution < -0.4 is 5.32 Å². The zero-order chi connectivity index (χ0) is 15.4. The van der Waals surface area contributed by atoms with Crippen LogP contribution in [0.5, 0.6) is 0 Å². The van der Waals surface area contributed by atoms with Crippen LogP contribution in [-0.2, 0) is 4.79 Å². The standard InChI is InChI=1S/C15H20Cl2N2O2/c1-19(8-10-3-2-4-14(10)20)9-15(21)18-13-6-5-11(16)7-12(13)17/h5-7,10,14,20H,2-4,8-9H2,1H3,(H,18,21). The predicted molar refractivity (Wildman–Crippen MR) is 85.9 cm³/mol. The average molecular weight is 331 g/mol. The highest BCUT2D eigenvalue weighted by Gasteiger charge is 2.26. The van der Waals surface area contributed by atoms with Crippen LogP contribution in [-0.4, -0.2) is 42.2 Å². The average Bonchev–Trinajstić information content (AvgIpc) is 2.78. The maximum Gasteiger partial charge on any atom is 0.238 e. The molecule has 4 nitrogen and oxygen atoms in total. The summed E-state index contributed by atoms with van der Waals surface area (Å²) >= 11 is 11.8. The van der Waals surface area contributed by atoms with Crippen LogP contribution in [0.25, 0.3) is 0 Å². The van der Waals surface area contributed by atoms with Gasteiger partial charge in [-0.05, 0) is 44.0 Å². The summed E-state index contributed by atoms with van der Waals surface area (Å²) in [5.41, 5.74) is 0.556.